The van der Waals surface area contributed by atoms with Crippen molar-refractivity contribution in [3.63, 3.8) is 0 Å². The van der Waals surface area contributed by atoms with E-state index in [9.17, 15) is 0 Å². The Morgan fingerprint density at radius 1 is 0.339 bits per heavy atom. The molecule has 8 aromatic carbocycles. The van der Waals surface area contributed by atoms with Gasteiger partial charge >= 0.3 is 0 Å². The Balaban J connectivity index is 1.05. The van der Waals surface area contributed by atoms with Gasteiger partial charge in [0, 0.05) is 49.7 Å². The molecule has 12 aromatic rings. The summed E-state index contributed by atoms with van der Waals surface area (Å²) in [7, 11) is 0. The van der Waals surface area contributed by atoms with E-state index in [1.54, 1.807) is 0 Å². The largest absolute Gasteiger partial charge is 0.309 e. The second-order valence-corrected chi connectivity index (χ2v) is 15.8. The van der Waals surface area contributed by atoms with Crippen LogP contribution in [0, 0.1) is 0 Å². The fourth-order valence-electron chi connectivity index (χ4n) is 9.20. The van der Waals surface area contributed by atoms with E-state index in [1.807, 2.05) is 0 Å². The van der Waals surface area contributed by atoms with E-state index < -0.39 is 0 Å². The van der Waals surface area contributed by atoms with Gasteiger partial charge < -0.3 is 4.57 Å². The third-order valence-corrected chi connectivity index (χ3v) is 12.1. The number of hydrogen-bond acceptors (Lipinski definition) is 2. The minimum Gasteiger partial charge on any atom is -0.309 e. The molecule has 4 nitrogen and oxygen atoms in total. The van der Waals surface area contributed by atoms with Crippen molar-refractivity contribution in [2.75, 3.05) is 0 Å². The molecule has 0 spiro atoms. The topological polar surface area (TPSA) is 35.1 Å². The Morgan fingerprint density at radius 2 is 0.839 bits per heavy atom. The maximum Gasteiger partial charge on any atom is 0.101 e. The monoisotopic (exact) mass is 790 g/mol. The zero-order valence-electron chi connectivity index (χ0n) is 33.7. The van der Waals surface area contributed by atoms with Crippen molar-refractivity contribution in [2.45, 2.75) is 0 Å². The van der Waals surface area contributed by atoms with E-state index >= 15 is 0 Å². The van der Waals surface area contributed by atoms with Crippen molar-refractivity contribution in [2.24, 2.45) is 0 Å². The van der Waals surface area contributed by atoms with Crippen molar-refractivity contribution in [1.29, 1.82) is 0 Å². The molecule has 0 N–H and O–H groups in total. The van der Waals surface area contributed by atoms with Crippen molar-refractivity contribution in [3.8, 4) is 73.0 Å². The first-order valence-corrected chi connectivity index (χ1v) is 21.1. The van der Waals surface area contributed by atoms with E-state index in [0.29, 0.717) is 0 Å². The van der Waals surface area contributed by atoms with Gasteiger partial charge in [-0.2, -0.15) is 5.10 Å². The van der Waals surface area contributed by atoms with Gasteiger partial charge in [-0.25, -0.2) is 9.50 Å². The van der Waals surface area contributed by atoms with Gasteiger partial charge in [0.1, 0.15) is 5.69 Å². The Labute approximate surface area is 359 Å². The zero-order valence-corrected chi connectivity index (χ0v) is 33.7. The minimum absolute atomic E-state index is 0.922. The second kappa shape index (κ2) is 14.7. The van der Waals surface area contributed by atoms with Crippen molar-refractivity contribution >= 4 is 38.1 Å². The first kappa shape index (κ1) is 35.6. The smallest absolute Gasteiger partial charge is 0.101 e. The molecule has 0 aliphatic rings. The van der Waals surface area contributed by atoms with Crippen LogP contribution in [0.1, 0.15) is 0 Å². The lowest BCUT2D eigenvalue weighted by Crippen LogP contribution is -1.96. The highest BCUT2D eigenvalue weighted by Crippen LogP contribution is 2.42. The minimum atomic E-state index is 0.922. The average Bonchev–Trinajstić information content (AvgIpc) is 3.92. The van der Waals surface area contributed by atoms with Crippen LogP contribution in [0.3, 0.4) is 0 Å². The molecule has 0 bridgehead atoms. The van der Waals surface area contributed by atoms with Gasteiger partial charge in [-0.1, -0.05) is 182 Å². The van der Waals surface area contributed by atoms with Gasteiger partial charge in [-0.05, 0) is 70.6 Å². The summed E-state index contributed by atoms with van der Waals surface area (Å²) < 4.78 is 4.51. The van der Waals surface area contributed by atoms with E-state index in [0.717, 1.165) is 89.3 Å². The number of para-hydroxylation sites is 2. The van der Waals surface area contributed by atoms with Crippen molar-refractivity contribution in [1.82, 2.24) is 19.2 Å². The molecule has 0 aliphatic carbocycles. The quantitative estimate of drug-likeness (QED) is 0.161. The standard InChI is InChI=1S/C58H38N4/c1-5-17-39(18-6-1)51-36-45(37-52(59-51)40-29-32-47(33-30-40)61-53-27-15-13-25-49(53)50-26-14-16-28-54(50)61)44-31-34-48-46(35-44)38-55(41-19-7-2-8-20-41)62-58(48)56(42-21-9-3-10-22-42)57(60-62)43-23-11-4-12-24-43/h1-38H. The lowest BCUT2D eigenvalue weighted by Gasteiger charge is -2.14. The van der Waals surface area contributed by atoms with Crippen LogP contribution in [0.4, 0.5) is 0 Å². The van der Waals surface area contributed by atoms with Gasteiger partial charge in [0.2, 0.25) is 0 Å². The number of aromatic nitrogens is 4. The molecule has 0 atom stereocenters. The summed E-state index contributed by atoms with van der Waals surface area (Å²) >= 11 is 0. The Hall–Kier alpha value is -8.34. The van der Waals surface area contributed by atoms with Gasteiger partial charge in [-0.3, -0.25) is 0 Å². The summed E-state index contributed by atoms with van der Waals surface area (Å²) in [5.74, 6) is 0. The van der Waals surface area contributed by atoms with Gasteiger partial charge in [-0.15, -0.1) is 0 Å². The number of rotatable bonds is 7. The molecule has 0 unspecified atom stereocenters. The van der Waals surface area contributed by atoms with Gasteiger partial charge in [0.25, 0.3) is 0 Å². The summed E-state index contributed by atoms with van der Waals surface area (Å²) in [6.45, 7) is 0. The summed E-state index contributed by atoms with van der Waals surface area (Å²) in [5.41, 5.74) is 17.2. The molecule has 290 valence electrons. The zero-order chi connectivity index (χ0) is 41.0. The van der Waals surface area contributed by atoms with Crippen LogP contribution in [0.5, 0.6) is 0 Å². The number of nitrogens with zero attached hydrogens (tertiary/aromatic N) is 4. The third kappa shape index (κ3) is 6.00. The van der Waals surface area contributed by atoms with Gasteiger partial charge in [0.05, 0.1) is 33.6 Å². The Kier molecular flexibility index (Phi) is 8.46. The maximum atomic E-state index is 5.42. The maximum absolute atomic E-state index is 5.42. The lowest BCUT2D eigenvalue weighted by molar-refractivity contribution is 0.979. The van der Waals surface area contributed by atoms with Crippen LogP contribution in [-0.2, 0) is 0 Å². The van der Waals surface area contributed by atoms with Crippen molar-refractivity contribution < 1.29 is 0 Å². The van der Waals surface area contributed by atoms with E-state index in [4.69, 9.17) is 10.1 Å². The average molecular weight is 791 g/mol. The van der Waals surface area contributed by atoms with Crippen LogP contribution in [0.25, 0.3) is 111 Å². The molecule has 0 saturated heterocycles. The predicted octanol–water partition coefficient (Wildman–Crippen LogP) is 15.0. The highest BCUT2D eigenvalue weighted by molar-refractivity contribution is 6.10. The summed E-state index contributed by atoms with van der Waals surface area (Å²) in [6, 6.07) is 82.1. The molecule has 4 aromatic heterocycles. The van der Waals surface area contributed by atoms with Crippen LogP contribution in [0.2, 0.25) is 0 Å². The molecule has 0 radical (unpaired) electrons. The van der Waals surface area contributed by atoms with Crippen LogP contribution in [-0.4, -0.2) is 19.2 Å². The van der Waals surface area contributed by atoms with E-state index in [-0.39, 0.29) is 0 Å². The lowest BCUT2D eigenvalue weighted by atomic mass is 9.94. The second-order valence-electron chi connectivity index (χ2n) is 15.8. The van der Waals surface area contributed by atoms with Crippen molar-refractivity contribution in [3.05, 3.63) is 231 Å². The predicted molar refractivity (Wildman–Crippen MR) is 257 cm³/mol. The van der Waals surface area contributed by atoms with Crippen LogP contribution in [0.15, 0.2) is 231 Å². The molecular weight excluding hydrogens is 753 g/mol. The highest BCUT2D eigenvalue weighted by Gasteiger charge is 2.22. The van der Waals surface area contributed by atoms with E-state index in [1.165, 1.54) is 21.8 Å². The van der Waals surface area contributed by atoms with E-state index in [2.05, 4.69) is 240 Å². The first-order chi connectivity index (χ1) is 30.7. The summed E-state index contributed by atoms with van der Waals surface area (Å²) in [5, 5.41) is 10.2. The number of hydrogen-bond donors (Lipinski definition) is 0. The fourth-order valence-corrected chi connectivity index (χ4v) is 9.20. The molecule has 0 aliphatic heterocycles. The SMILES string of the molecule is c1ccc(-c2cc(-c3ccc4c(c3)cc(-c3ccccc3)n3nc(-c5ccccc5)c(-c5ccccc5)c43)cc(-c3ccc(-n4c5ccccc5c5ccccc54)cc3)n2)cc1. The Bertz CT molecular complexity index is 3540. The highest BCUT2D eigenvalue weighted by atomic mass is 15.2. The van der Waals surface area contributed by atoms with Crippen LogP contribution < -0.4 is 0 Å². The number of pyridine rings is 2. The first-order valence-electron chi connectivity index (χ1n) is 21.1. The molecule has 0 amide bonds. The molecule has 0 fully saturated rings. The molecule has 0 saturated carbocycles. The Morgan fingerprint density at radius 3 is 1.45 bits per heavy atom. The van der Waals surface area contributed by atoms with Gasteiger partial charge in [0.15, 0.2) is 0 Å². The normalized spacial score (nSPS) is 11.5. The summed E-state index contributed by atoms with van der Waals surface area (Å²) in [4.78, 5) is 5.31. The molecule has 4 heterocycles. The third-order valence-electron chi connectivity index (χ3n) is 12.1. The molecule has 12 rings (SSSR count). The molecule has 4 heteroatoms. The molecular formula is C58H38N4. The summed E-state index contributed by atoms with van der Waals surface area (Å²) in [6.07, 6.45) is 0. The number of benzene rings is 8. The van der Waals surface area contributed by atoms with Crippen LogP contribution >= 0.6 is 0 Å². The molecule has 62 heavy (non-hydrogen) atoms. The number of fused-ring (bicyclic) bond motifs is 6. The fraction of sp³-hybridized carbons (Fsp3) is 0.